The summed E-state index contributed by atoms with van der Waals surface area (Å²) < 4.78 is 11.0. The molecule has 1 heterocycles. The summed E-state index contributed by atoms with van der Waals surface area (Å²) in [4.78, 5) is 2.48. The van der Waals surface area contributed by atoms with Gasteiger partial charge in [-0.3, -0.25) is 4.90 Å². The molecule has 5 heteroatoms. The molecule has 0 radical (unpaired) electrons. The quantitative estimate of drug-likeness (QED) is 0.786. The normalized spacial score (nSPS) is 15.3. The fraction of sp³-hybridized carbons (Fsp3) is 0.429. The minimum Gasteiger partial charge on any atom is -0.508 e. The highest BCUT2D eigenvalue weighted by molar-refractivity contribution is 5.85. The Morgan fingerprint density at radius 2 is 1.58 bits per heavy atom. The van der Waals surface area contributed by atoms with Gasteiger partial charge in [0, 0.05) is 6.54 Å². The van der Waals surface area contributed by atoms with Gasteiger partial charge in [0.25, 0.3) is 0 Å². The van der Waals surface area contributed by atoms with Crippen LogP contribution in [-0.2, 0) is 6.42 Å². The fourth-order valence-corrected chi connectivity index (χ4v) is 3.34. The summed E-state index contributed by atoms with van der Waals surface area (Å²) >= 11 is 0. The van der Waals surface area contributed by atoms with Gasteiger partial charge in [-0.15, -0.1) is 12.4 Å². The van der Waals surface area contributed by atoms with Crippen LogP contribution in [0.1, 0.15) is 18.4 Å². The number of benzene rings is 2. The molecule has 0 saturated carbocycles. The predicted molar refractivity (Wildman–Crippen MR) is 107 cm³/mol. The topological polar surface area (TPSA) is 41.9 Å². The standard InChI is InChI=1S/C21H27NO3.ClH/c1-24-20-6-2-17(3-7-20)16-18-10-12-22(13-11-18)14-15-25-21-8-4-19(23)5-9-21;/h2-9,18,23H,10-16H2,1H3;1H. The molecule has 142 valence electrons. The van der Waals surface area contributed by atoms with Crippen LogP contribution in [0.25, 0.3) is 0 Å². The Labute approximate surface area is 162 Å². The lowest BCUT2D eigenvalue weighted by Gasteiger charge is -2.31. The van der Waals surface area contributed by atoms with E-state index in [9.17, 15) is 5.11 Å². The highest BCUT2D eigenvalue weighted by atomic mass is 35.5. The van der Waals surface area contributed by atoms with Crippen molar-refractivity contribution >= 4 is 12.4 Å². The van der Waals surface area contributed by atoms with Crippen LogP contribution >= 0.6 is 12.4 Å². The zero-order valence-electron chi connectivity index (χ0n) is 15.3. The number of aromatic hydroxyl groups is 1. The number of nitrogens with zero attached hydrogens (tertiary/aromatic N) is 1. The molecule has 0 spiro atoms. The third-order valence-electron chi connectivity index (χ3n) is 4.90. The maximum Gasteiger partial charge on any atom is 0.119 e. The van der Waals surface area contributed by atoms with Crippen molar-refractivity contribution < 1.29 is 14.6 Å². The average molecular weight is 378 g/mol. The molecule has 1 saturated heterocycles. The van der Waals surface area contributed by atoms with Gasteiger partial charge in [-0.2, -0.15) is 0 Å². The first-order valence-corrected chi connectivity index (χ1v) is 9.00. The Balaban J connectivity index is 0.00000243. The van der Waals surface area contributed by atoms with Crippen LogP contribution < -0.4 is 9.47 Å². The zero-order valence-corrected chi connectivity index (χ0v) is 16.1. The molecule has 0 unspecified atom stereocenters. The van der Waals surface area contributed by atoms with Gasteiger partial charge in [0.2, 0.25) is 0 Å². The van der Waals surface area contributed by atoms with E-state index in [2.05, 4.69) is 17.0 Å². The fourth-order valence-electron chi connectivity index (χ4n) is 3.34. The first-order chi connectivity index (χ1) is 12.2. The molecule has 0 aliphatic carbocycles. The molecule has 0 aromatic heterocycles. The highest BCUT2D eigenvalue weighted by Gasteiger charge is 2.19. The number of ether oxygens (including phenoxy) is 2. The number of halogens is 1. The van der Waals surface area contributed by atoms with E-state index in [1.54, 1.807) is 31.4 Å². The maximum absolute atomic E-state index is 9.27. The Bertz CT molecular complexity index is 637. The third-order valence-corrected chi connectivity index (χ3v) is 4.90. The molecule has 4 nitrogen and oxygen atoms in total. The Hall–Kier alpha value is -1.91. The van der Waals surface area contributed by atoms with E-state index in [0.29, 0.717) is 6.61 Å². The molecule has 0 amide bonds. The van der Waals surface area contributed by atoms with E-state index in [1.807, 2.05) is 12.1 Å². The van der Waals surface area contributed by atoms with Crippen LogP contribution in [-0.4, -0.2) is 43.4 Å². The summed E-state index contributed by atoms with van der Waals surface area (Å²) in [5.41, 5.74) is 1.40. The molecular weight excluding hydrogens is 350 g/mol. The van der Waals surface area contributed by atoms with Gasteiger partial charge in [-0.25, -0.2) is 0 Å². The second kappa shape index (κ2) is 10.3. The van der Waals surface area contributed by atoms with Gasteiger partial charge in [-0.1, -0.05) is 12.1 Å². The largest absolute Gasteiger partial charge is 0.508 e. The summed E-state index contributed by atoms with van der Waals surface area (Å²) in [5.74, 6) is 2.77. The van der Waals surface area contributed by atoms with Crippen molar-refractivity contribution in [1.29, 1.82) is 0 Å². The first-order valence-electron chi connectivity index (χ1n) is 9.00. The summed E-state index contributed by atoms with van der Waals surface area (Å²) in [6, 6.07) is 15.4. The minimum absolute atomic E-state index is 0. The van der Waals surface area contributed by atoms with Crippen molar-refractivity contribution in [2.75, 3.05) is 33.4 Å². The minimum atomic E-state index is 0. The second-order valence-corrected chi connectivity index (χ2v) is 6.68. The molecule has 0 atom stereocenters. The highest BCUT2D eigenvalue weighted by Crippen LogP contribution is 2.23. The molecule has 0 bridgehead atoms. The number of phenolic OH excluding ortho intramolecular Hbond substituents is 1. The number of phenols is 1. The number of likely N-dealkylation sites (tertiary alicyclic amines) is 1. The number of hydrogen-bond donors (Lipinski definition) is 1. The molecule has 1 aliphatic rings. The zero-order chi connectivity index (χ0) is 17.5. The first kappa shape index (κ1) is 20.4. The van der Waals surface area contributed by atoms with Crippen molar-refractivity contribution in [3.63, 3.8) is 0 Å². The Morgan fingerprint density at radius 3 is 2.19 bits per heavy atom. The lowest BCUT2D eigenvalue weighted by Crippen LogP contribution is -2.37. The third kappa shape index (κ3) is 6.11. The van der Waals surface area contributed by atoms with E-state index in [0.717, 1.165) is 43.5 Å². The van der Waals surface area contributed by atoms with E-state index in [-0.39, 0.29) is 18.2 Å². The molecule has 3 rings (SSSR count). The van der Waals surface area contributed by atoms with Crippen molar-refractivity contribution in [2.45, 2.75) is 19.3 Å². The molecule has 26 heavy (non-hydrogen) atoms. The van der Waals surface area contributed by atoms with Crippen molar-refractivity contribution in [3.8, 4) is 17.2 Å². The summed E-state index contributed by atoms with van der Waals surface area (Å²) in [6.45, 7) is 3.92. The van der Waals surface area contributed by atoms with Gasteiger partial charge < -0.3 is 14.6 Å². The second-order valence-electron chi connectivity index (χ2n) is 6.68. The number of piperidine rings is 1. The number of hydrogen-bond acceptors (Lipinski definition) is 4. The smallest absolute Gasteiger partial charge is 0.119 e. The van der Waals surface area contributed by atoms with Crippen molar-refractivity contribution in [2.24, 2.45) is 5.92 Å². The average Bonchev–Trinajstić information content (AvgIpc) is 2.65. The van der Waals surface area contributed by atoms with Gasteiger partial charge in [0.15, 0.2) is 0 Å². The Morgan fingerprint density at radius 1 is 0.962 bits per heavy atom. The lowest BCUT2D eigenvalue weighted by molar-refractivity contribution is 0.155. The van der Waals surface area contributed by atoms with Gasteiger partial charge in [0.1, 0.15) is 23.9 Å². The van der Waals surface area contributed by atoms with Gasteiger partial charge >= 0.3 is 0 Å². The van der Waals surface area contributed by atoms with E-state index >= 15 is 0 Å². The van der Waals surface area contributed by atoms with E-state index in [4.69, 9.17) is 9.47 Å². The van der Waals surface area contributed by atoms with Crippen LogP contribution in [0.15, 0.2) is 48.5 Å². The van der Waals surface area contributed by atoms with Crippen LogP contribution in [0.3, 0.4) is 0 Å². The van der Waals surface area contributed by atoms with Crippen LogP contribution in [0.2, 0.25) is 0 Å². The molecular formula is C21H28ClNO3. The summed E-state index contributed by atoms with van der Waals surface area (Å²) in [6.07, 6.45) is 3.64. The molecule has 2 aromatic carbocycles. The summed E-state index contributed by atoms with van der Waals surface area (Å²) in [5, 5.41) is 9.27. The predicted octanol–water partition coefficient (Wildman–Crippen LogP) is 4.16. The molecule has 1 N–H and O–H groups in total. The SMILES string of the molecule is COc1ccc(CC2CCN(CCOc3ccc(O)cc3)CC2)cc1.Cl. The number of methoxy groups -OCH3 is 1. The number of rotatable bonds is 7. The van der Waals surface area contributed by atoms with Crippen molar-refractivity contribution in [1.82, 2.24) is 4.90 Å². The van der Waals surface area contributed by atoms with Gasteiger partial charge in [-0.05, 0) is 80.2 Å². The Kier molecular flexibility index (Phi) is 8.07. The van der Waals surface area contributed by atoms with Crippen LogP contribution in [0.5, 0.6) is 17.2 Å². The van der Waals surface area contributed by atoms with E-state index < -0.39 is 0 Å². The molecule has 1 aliphatic heterocycles. The molecule has 2 aromatic rings. The van der Waals surface area contributed by atoms with Crippen LogP contribution in [0, 0.1) is 5.92 Å². The summed E-state index contributed by atoms with van der Waals surface area (Å²) in [7, 11) is 1.70. The molecule has 1 fully saturated rings. The van der Waals surface area contributed by atoms with Gasteiger partial charge in [0.05, 0.1) is 7.11 Å². The maximum atomic E-state index is 9.27. The van der Waals surface area contributed by atoms with Crippen molar-refractivity contribution in [3.05, 3.63) is 54.1 Å². The lowest BCUT2D eigenvalue weighted by atomic mass is 9.90. The van der Waals surface area contributed by atoms with Crippen LogP contribution in [0.4, 0.5) is 0 Å². The monoisotopic (exact) mass is 377 g/mol. The van der Waals surface area contributed by atoms with E-state index in [1.165, 1.54) is 18.4 Å².